The van der Waals surface area contributed by atoms with E-state index in [0.29, 0.717) is 16.4 Å². The first-order valence-electron chi connectivity index (χ1n) is 14.9. The maximum atomic E-state index is 13.4. The molecule has 0 spiro atoms. The minimum atomic E-state index is -3.88. The third-order valence-corrected chi connectivity index (χ3v) is 10.7. The van der Waals surface area contributed by atoms with Gasteiger partial charge in [-0.2, -0.15) is 0 Å². The first kappa shape index (κ1) is 31.2. The summed E-state index contributed by atoms with van der Waals surface area (Å²) in [5.74, 6) is 1.10. The van der Waals surface area contributed by atoms with Crippen LogP contribution in [0.2, 0.25) is 0 Å². The van der Waals surface area contributed by atoms with E-state index in [2.05, 4.69) is 77.2 Å². The van der Waals surface area contributed by atoms with Gasteiger partial charge in [0.2, 0.25) is 0 Å². The van der Waals surface area contributed by atoms with E-state index in [1.165, 1.54) is 4.90 Å². The number of nitrogens with zero attached hydrogens (tertiary/aromatic N) is 3. The molecule has 10 heteroatoms. The number of thioether (sulfide) groups is 1. The predicted molar refractivity (Wildman–Crippen MR) is 179 cm³/mol. The minimum Gasteiger partial charge on any atom is -0.381 e. The average molecular weight is 622 g/mol. The molecule has 1 atom stereocenters. The first-order valence-corrected chi connectivity index (χ1v) is 17.3. The topological polar surface area (TPSA) is 90.7 Å². The van der Waals surface area contributed by atoms with E-state index in [9.17, 15) is 8.42 Å². The van der Waals surface area contributed by atoms with Gasteiger partial charge in [-0.3, -0.25) is 4.72 Å². The van der Waals surface area contributed by atoms with Crippen molar-refractivity contribution in [1.29, 1.82) is 0 Å². The SMILES string of the molecule is Cc1cc(S(=O)(=O)Nc2noc3cc(N4CCC(C)(C)CC4)ccc23)ccc1N[C@H](CCN(C)C)CSc1ccccc1. The zero-order valence-electron chi connectivity index (χ0n) is 25.8. The fraction of sp³-hybridized carbons (Fsp3) is 0.424. The highest BCUT2D eigenvalue weighted by molar-refractivity contribution is 7.99. The van der Waals surface area contributed by atoms with Gasteiger partial charge in [0, 0.05) is 47.2 Å². The second-order valence-corrected chi connectivity index (χ2v) is 15.3. The molecule has 1 aromatic heterocycles. The summed E-state index contributed by atoms with van der Waals surface area (Å²) in [5.41, 5.74) is 3.78. The zero-order valence-corrected chi connectivity index (χ0v) is 27.4. The molecule has 5 rings (SSSR count). The highest BCUT2D eigenvalue weighted by atomic mass is 32.2. The van der Waals surface area contributed by atoms with Gasteiger partial charge in [-0.25, -0.2) is 8.42 Å². The lowest BCUT2D eigenvalue weighted by molar-refractivity contribution is 0.280. The van der Waals surface area contributed by atoms with E-state index in [0.717, 1.165) is 61.6 Å². The summed E-state index contributed by atoms with van der Waals surface area (Å²) in [6.07, 6.45) is 3.22. The summed E-state index contributed by atoms with van der Waals surface area (Å²) in [4.78, 5) is 5.94. The van der Waals surface area contributed by atoms with Crippen molar-refractivity contribution < 1.29 is 12.9 Å². The van der Waals surface area contributed by atoms with Crippen molar-refractivity contribution in [3.8, 4) is 0 Å². The van der Waals surface area contributed by atoms with Crippen LogP contribution in [0.5, 0.6) is 0 Å². The van der Waals surface area contributed by atoms with Gasteiger partial charge in [0.05, 0.1) is 10.3 Å². The molecule has 3 aromatic carbocycles. The van der Waals surface area contributed by atoms with Crippen LogP contribution in [-0.4, -0.2) is 64.0 Å². The van der Waals surface area contributed by atoms with Crippen molar-refractivity contribution >= 4 is 49.9 Å². The lowest BCUT2D eigenvalue weighted by Crippen LogP contribution is -2.37. The van der Waals surface area contributed by atoms with E-state index < -0.39 is 10.0 Å². The summed E-state index contributed by atoms with van der Waals surface area (Å²) in [5, 5.41) is 8.37. The molecule has 0 radical (unpaired) electrons. The second kappa shape index (κ2) is 13.2. The van der Waals surface area contributed by atoms with E-state index in [4.69, 9.17) is 4.52 Å². The molecule has 1 saturated heterocycles. The lowest BCUT2D eigenvalue weighted by Gasteiger charge is -2.38. The Hall–Kier alpha value is -3.21. The van der Waals surface area contributed by atoms with Gasteiger partial charge >= 0.3 is 0 Å². The molecule has 0 aliphatic carbocycles. The molecule has 4 aromatic rings. The number of hydrogen-bond acceptors (Lipinski definition) is 8. The monoisotopic (exact) mass is 621 g/mol. The Morgan fingerprint density at radius 2 is 1.79 bits per heavy atom. The van der Waals surface area contributed by atoms with Crippen molar-refractivity contribution in [2.24, 2.45) is 5.41 Å². The maximum Gasteiger partial charge on any atom is 0.263 e. The second-order valence-electron chi connectivity index (χ2n) is 12.5. The van der Waals surface area contributed by atoms with Crippen LogP contribution >= 0.6 is 11.8 Å². The van der Waals surface area contributed by atoms with Gasteiger partial charge in [-0.1, -0.05) is 37.2 Å². The number of benzene rings is 3. The van der Waals surface area contributed by atoms with Crippen LogP contribution in [0, 0.1) is 12.3 Å². The van der Waals surface area contributed by atoms with Crippen molar-refractivity contribution in [2.45, 2.75) is 55.9 Å². The van der Waals surface area contributed by atoms with Crippen molar-refractivity contribution in [1.82, 2.24) is 10.1 Å². The molecule has 0 amide bonds. The molecule has 0 bridgehead atoms. The van der Waals surface area contributed by atoms with Crippen molar-refractivity contribution in [3.05, 3.63) is 72.3 Å². The Balaban J connectivity index is 1.27. The number of aromatic nitrogens is 1. The van der Waals surface area contributed by atoms with Crippen LogP contribution in [0.3, 0.4) is 0 Å². The zero-order chi connectivity index (χ0) is 30.6. The van der Waals surface area contributed by atoms with Crippen LogP contribution < -0.4 is 14.9 Å². The molecule has 0 unspecified atom stereocenters. The number of fused-ring (bicyclic) bond motifs is 1. The smallest absolute Gasteiger partial charge is 0.263 e. The largest absolute Gasteiger partial charge is 0.381 e. The van der Waals surface area contributed by atoms with Crippen LogP contribution in [0.25, 0.3) is 11.0 Å². The Morgan fingerprint density at radius 1 is 1.05 bits per heavy atom. The standard InChI is InChI=1S/C33H43N5O3S2/c1-24-21-28(12-14-30(24)34-25(15-18-37(4)5)23-42-27-9-7-6-8-10-27)43(39,40)36-32-29-13-11-26(22-31(29)41-35-32)38-19-16-33(2,3)17-20-38/h6-14,21-22,25,34H,15-20,23H2,1-5H3,(H,35,36)/t25-/m1/s1. The van der Waals surface area contributed by atoms with Gasteiger partial charge in [-0.15, -0.1) is 11.8 Å². The van der Waals surface area contributed by atoms with E-state index in [1.807, 2.05) is 49.0 Å². The number of piperidine rings is 1. The molecule has 1 fully saturated rings. The van der Waals surface area contributed by atoms with Gasteiger partial charge in [0.25, 0.3) is 10.0 Å². The van der Waals surface area contributed by atoms with Gasteiger partial charge in [0.1, 0.15) is 0 Å². The van der Waals surface area contributed by atoms with Crippen LogP contribution in [0.1, 0.15) is 38.7 Å². The molecular formula is C33H43N5O3S2. The van der Waals surface area contributed by atoms with Gasteiger partial charge in [-0.05, 0) is 100 Å². The molecule has 2 N–H and O–H groups in total. The van der Waals surface area contributed by atoms with Gasteiger partial charge < -0.3 is 19.6 Å². The maximum absolute atomic E-state index is 13.4. The number of nitrogens with one attached hydrogen (secondary N) is 2. The Bertz CT molecular complexity index is 1630. The summed E-state index contributed by atoms with van der Waals surface area (Å²) in [6.45, 7) is 9.47. The number of sulfonamides is 1. The molecule has 43 heavy (non-hydrogen) atoms. The van der Waals surface area contributed by atoms with Crippen LogP contribution in [0.4, 0.5) is 17.2 Å². The summed E-state index contributed by atoms with van der Waals surface area (Å²) in [6, 6.07) is 21.6. The number of anilines is 3. The van der Waals surface area contributed by atoms with Crippen molar-refractivity contribution in [3.63, 3.8) is 0 Å². The van der Waals surface area contributed by atoms with E-state index in [1.54, 1.807) is 12.1 Å². The average Bonchev–Trinajstić information content (AvgIpc) is 3.36. The summed E-state index contributed by atoms with van der Waals surface area (Å²) in [7, 11) is 0.275. The van der Waals surface area contributed by atoms with E-state index >= 15 is 0 Å². The Kier molecular flexibility index (Phi) is 9.58. The number of aryl methyl sites for hydroxylation is 1. The molecule has 1 aliphatic rings. The van der Waals surface area contributed by atoms with Crippen molar-refractivity contribution in [2.75, 3.05) is 54.4 Å². The Morgan fingerprint density at radius 3 is 2.49 bits per heavy atom. The highest BCUT2D eigenvalue weighted by Gasteiger charge is 2.26. The summed E-state index contributed by atoms with van der Waals surface area (Å²) >= 11 is 1.82. The first-order chi connectivity index (χ1) is 20.5. The molecule has 1 aliphatic heterocycles. The fourth-order valence-corrected chi connectivity index (χ4v) is 7.35. The molecule has 230 valence electrons. The Labute approximate surface area is 260 Å². The van der Waals surface area contributed by atoms with Gasteiger partial charge in [0.15, 0.2) is 11.4 Å². The molecule has 0 saturated carbocycles. The molecule has 2 heterocycles. The fourth-order valence-electron chi connectivity index (χ4n) is 5.26. The van der Waals surface area contributed by atoms with Crippen LogP contribution in [0.15, 0.2) is 81.0 Å². The minimum absolute atomic E-state index is 0.183. The van der Waals surface area contributed by atoms with E-state index in [-0.39, 0.29) is 16.8 Å². The highest BCUT2D eigenvalue weighted by Crippen LogP contribution is 2.35. The molecular weight excluding hydrogens is 579 g/mol. The lowest BCUT2D eigenvalue weighted by atomic mass is 9.82. The van der Waals surface area contributed by atoms with Crippen LogP contribution in [-0.2, 0) is 10.0 Å². The third-order valence-electron chi connectivity index (χ3n) is 8.16. The predicted octanol–water partition coefficient (Wildman–Crippen LogP) is 7.09. The third kappa shape index (κ3) is 8.04. The quantitative estimate of drug-likeness (QED) is 0.162. The number of rotatable bonds is 12. The normalized spacial score (nSPS) is 16.0. The number of hydrogen-bond donors (Lipinski definition) is 2. The molecule has 8 nitrogen and oxygen atoms in total. The summed E-state index contributed by atoms with van der Waals surface area (Å²) < 4.78 is 35.0.